The predicted molar refractivity (Wildman–Crippen MR) is 83.3 cm³/mol. The van der Waals surface area contributed by atoms with Gasteiger partial charge in [0, 0.05) is 17.5 Å². The lowest BCUT2D eigenvalue weighted by Crippen LogP contribution is -2.25. The van der Waals surface area contributed by atoms with Crippen LogP contribution in [0.4, 0.5) is 5.69 Å². The van der Waals surface area contributed by atoms with Crippen molar-refractivity contribution in [3.05, 3.63) is 51.7 Å². The smallest absolute Gasteiger partial charge is 0.124 e. The Morgan fingerprint density at radius 1 is 1.32 bits per heavy atom. The van der Waals surface area contributed by atoms with E-state index >= 15 is 0 Å². The number of anilines is 1. The summed E-state index contributed by atoms with van der Waals surface area (Å²) >= 11 is 1.75. The average molecular weight is 273 g/mol. The van der Waals surface area contributed by atoms with Gasteiger partial charge in [0.05, 0.1) is 11.7 Å². The number of para-hydroxylation sites is 1. The third kappa shape index (κ3) is 2.63. The highest BCUT2D eigenvalue weighted by molar-refractivity contribution is 7.10. The Labute approximate surface area is 118 Å². The fourth-order valence-electron chi connectivity index (χ4n) is 2.26. The van der Waals surface area contributed by atoms with Crippen LogP contribution in [0.25, 0.3) is 0 Å². The van der Waals surface area contributed by atoms with E-state index in [0.717, 1.165) is 16.8 Å². The summed E-state index contributed by atoms with van der Waals surface area (Å²) < 4.78 is 0. The van der Waals surface area contributed by atoms with Crippen LogP contribution >= 0.6 is 11.3 Å². The third-order valence-corrected chi connectivity index (χ3v) is 4.46. The second-order valence-corrected chi connectivity index (χ2v) is 5.67. The maximum Gasteiger partial charge on any atom is 0.124 e. The first-order chi connectivity index (χ1) is 9.02. The maximum atomic E-state index is 7.74. The fourth-order valence-corrected chi connectivity index (χ4v) is 3.08. The number of hydrogen-bond donors (Lipinski definition) is 2. The van der Waals surface area contributed by atoms with Gasteiger partial charge in [0.25, 0.3) is 0 Å². The first-order valence-corrected chi connectivity index (χ1v) is 7.10. The normalized spacial score (nSPS) is 12.2. The van der Waals surface area contributed by atoms with Crippen LogP contribution in [0.2, 0.25) is 0 Å². The molecule has 4 heteroatoms. The van der Waals surface area contributed by atoms with Crippen molar-refractivity contribution < 1.29 is 0 Å². The largest absolute Gasteiger partial charge is 0.384 e. The summed E-state index contributed by atoms with van der Waals surface area (Å²) in [5, 5.41) is 9.82. The Morgan fingerprint density at radius 3 is 2.63 bits per heavy atom. The first kappa shape index (κ1) is 13.6. The molecule has 100 valence electrons. The molecule has 0 aliphatic rings. The van der Waals surface area contributed by atoms with Gasteiger partial charge in [0.1, 0.15) is 5.84 Å². The van der Waals surface area contributed by atoms with E-state index in [1.807, 2.05) is 12.1 Å². The number of thiophene rings is 1. The number of nitrogens with zero attached hydrogens (tertiary/aromatic N) is 1. The summed E-state index contributed by atoms with van der Waals surface area (Å²) in [6, 6.07) is 10.4. The molecule has 1 aromatic heterocycles. The lowest BCUT2D eigenvalue weighted by molar-refractivity contribution is 0.751. The second-order valence-electron chi connectivity index (χ2n) is 4.69. The summed E-state index contributed by atoms with van der Waals surface area (Å²) in [6.45, 7) is 4.22. The van der Waals surface area contributed by atoms with Crippen LogP contribution in [0.1, 0.15) is 29.0 Å². The van der Waals surface area contributed by atoms with Gasteiger partial charge in [-0.3, -0.25) is 5.41 Å². The van der Waals surface area contributed by atoms with Gasteiger partial charge in [0.2, 0.25) is 0 Å². The number of hydrogen-bond acceptors (Lipinski definition) is 3. The van der Waals surface area contributed by atoms with Gasteiger partial charge in [-0.05, 0) is 36.9 Å². The number of nitrogens with one attached hydrogen (secondary N) is 1. The Morgan fingerprint density at radius 2 is 2.05 bits per heavy atom. The number of nitrogens with two attached hydrogens (primary N) is 1. The first-order valence-electron chi connectivity index (χ1n) is 6.22. The van der Waals surface area contributed by atoms with Crippen molar-refractivity contribution >= 4 is 22.9 Å². The molecule has 0 aliphatic heterocycles. The van der Waals surface area contributed by atoms with E-state index in [4.69, 9.17) is 11.1 Å². The van der Waals surface area contributed by atoms with Gasteiger partial charge in [-0.1, -0.05) is 18.2 Å². The summed E-state index contributed by atoms with van der Waals surface area (Å²) in [6.07, 6.45) is 0. The molecule has 0 aliphatic carbocycles. The van der Waals surface area contributed by atoms with Crippen LogP contribution in [-0.4, -0.2) is 12.9 Å². The minimum absolute atomic E-state index is 0.115. The van der Waals surface area contributed by atoms with Crippen molar-refractivity contribution in [2.24, 2.45) is 5.73 Å². The molecule has 0 amide bonds. The quantitative estimate of drug-likeness (QED) is 0.661. The molecule has 3 nitrogen and oxygen atoms in total. The minimum atomic E-state index is 0.115. The highest BCUT2D eigenvalue weighted by Gasteiger charge is 2.18. The summed E-state index contributed by atoms with van der Waals surface area (Å²) in [7, 11) is 2.05. The zero-order valence-electron chi connectivity index (χ0n) is 11.5. The molecular formula is C15H19N3S. The Kier molecular flexibility index (Phi) is 3.90. The lowest BCUT2D eigenvalue weighted by Gasteiger charge is -2.29. The van der Waals surface area contributed by atoms with Gasteiger partial charge >= 0.3 is 0 Å². The molecular weight excluding hydrogens is 254 g/mol. The number of benzene rings is 1. The summed E-state index contributed by atoms with van der Waals surface area (Å²) in [5.74, 6) is 0.115. The standard InChI is InChI=1S/C15H19N3S/c1-10-6-4-7-12(15(16)17)14(10)18(3)11(2)13-8-5-9-19-13/h4-9,11H,1-3H3,(H3,16,17). The average Bonchev–Trinajstić information content (AvgIpc) is 2.90. The van der Waals surface area contributed by atoms with E-state index in [1.165, 1.54) is 4.88 Å². The Hall–Kier alpha value is -1.81. The highest BCUT2D eigenvalue weighted by Crippen LogP contribution is 2.32. The number of nitrogen functional groups attached to an aromatic ring is 1. The van der Waals surface area contributed by atoms with Gasteiger partial charge in [-0.15, -0.1) is 11.3 Å². The number of aryl methyl sites for hydroxylation is 1. The van der Waals surface area contributed by atoms with Gasteiger partial charge in [0.15, 0.2) is 0 Å². The fraction of sp³-hybridized carbons (Fsp3) is 0.267. The highest BCUT2D eigenvalue weighted by atomic mass is 32.1. The van der Waals surface area contributed by atoms with Gasteiger partial charge < -0.3 is 10.6 Å². The van der Waals surface area contributed by atoms with Crippen LogP contribution < -0.4 is 10.6 Å². The van der Waals surface area contributed by atoms with Crippen molar-refractivity contribution in [2.45, 2.75) is 19.9 Å². The monoisotopic (exact) mass is 273 g/mol. The minimum Gasteiger partial charge on any atom is -0.384 e. The van der Waals surface area contributed by atoms with Crippen LogP contribution in [-0.2, 0) is 0 Å². The molecule has 1 unspecified atom stereocenters. The molecule has 0 spiro atoms. The zero-order chi connectivity index (χ0) is 14.0. The molecule has 1 atom stereocenters. The zero-order valence-corrected chi connectivity index (χ0v) is 12.3. The van der Waals surface area contributed by atoms with Crippen LogP contribution in [0.15, 0.2) is 35.7 Å². The molecule has 0 radical (unpaired) electrons. The summed E-state index contributed by atoms with van der Waals surface area (Å²) in [5.41, 5.74) is 8.67. The second kappa shape index (κ2) is 5.45. The van der Waals surface area contributed by atoms with Crippen LogP contribution in [0, 0.1) is 12.3 Å². The topological polar surface area (TPSA) is 53.1 Å². The predicted octanol–water partition coefficient (Wildman–Crippen LogP) is 3.54. The molecule has 3 N–H and O–H groups in total. The molecule has 1 aromatic carbocycles. The van der Waals surface area contributed by atoms with Crippen LogP contribution in [0.3, 0.4) is 0 Å². The third-order valence-electron chi connectivity index (χ3n) is 3.42. The molecule has 19 heavy (non-hydrogen) atoms. The van der Waals surface area contributed by atoms with E-state index in [2.05, 4.69) is 49.4 Å². The van der Waals surface area contributed by atoms with E-state index in [0.29, 0.717) is 0 Å². The maximum absolute atomic E-state index is 7.74. The molecule has 0 saturated heterocycles. The summed E-state index contributed by atoms with van der Waals surface area (Å²) in [4.78, 5) is 3.50. The molecule has 2 aromatic rings. The molecule has 0 saturated carbocycles. The SMILES string of the molecule is Cc1cccc(C(=N)N)c1N(C)C(C)c1cccs1. The van der Waals surface area contributed by atoms with Crippen molar-refractivity contribution in [2.75, 3.05) is 11.9 Å². The molecule has 0 bridgehead atoms. The molecule has 2 rings (SSSR count). The van der Waals surface area contributed by atoms with Crippen LogP contribution in [0.5, 0.6) is 0 Å². The van der Waals surface area contributed by atoms with Crippen molar-refractivity contribution in [1.82, 2.24) is 0 Å². The Bertz CT molecular complexity index is 575. The lowest BCUT2D eigenvalue weighted by atomic mass is 10.0. The van der Waals surface area contributed by atoms with Crippen molar-refractivity contribution in [1.29, 1.82) is 5.41 Å². The van der Waals surface area contributed by atoms with Crippen molar-refractivity contribution in [3.8, 4) is 0 Å². The molecule has 1 heterocycles. The molecule has 0 fully saturated rings. The van der Waals surface area contributed by atoms with E-state index in [1.54, 1.807) is 11.3 Å². The van der Waals surface area contributed by atoms with E-state index in [9.17, 15) is 0 Å². The van der Waals surface area contributed by atoms with Gasteiger partial charge in [-0.2, -0.15) is 0 Å². The van der Waals surface area contributed by atoms with E-state index < -0.39 is 0 Å². The van der Waals surface area contributed by atoms with Crippen molar-refractivity contribution in [3.63, 3.8) is 0 Å². The Balaban J connectivity index is 2.44. The van der Waals surface area contributed by atoms with Gasteiger partial charge in [-0.25, -0.2) is 0 Å². The van der Waals surface area contributed by atoms with E-state index in [-0.39, 0.29) is 11.9 Å². The number of rotatable bonds is 4. The number of amidine groups is 1.